The van der Waals surface area contributed by atoms with Gasteiger partial charge in [-0.15, -0.1) is 11.8 Å². The van der Waals surface area contributed by atoms with E-state index in [0.29, 0.717) is 25.3 Å². The van der Waals surface area contributed by atoms with E-state index in [9.17, 15) is 9.59 Å². The molecule has 15 heavy (non-hydrogen) atoms. The van der Waals surface area contributed by atoms with Crippen molar-refractivity contribution in [3.63, 3.8) is 0 Å². The van der Waals surface area contributed by atoms with Gasteiger partial charge in [-0.2, -0.15) is 0 Å². The van der Waals surface area contributed by atoms with Gasteiger partial charge in [0.15, 0.2) is 0 Å². The van der Waals surface area contributed by atoms with E-state index in [1.165, 1.54) is 11.8 Å². The van der Waals surface area contributed by atoms with Crippen molar-refractivity contribution in [2.24, 2.45) is 0 Å². The van der Waals surface area contributed by atoms with Crippen LogP contribution in [0.3, 0.4) is 0 Å². The highest BCUT2D eigenvalue weighted by molar-refractivity contribution is 7.99. The molecule has 0 atom stereocenters. The lowest BCUT2D eigenvalue weighted by Crippen LogP contribution is -2.26. The summed E-state index contributed by atoms with van der Waals surface area (Å²) in [4.78, 5) is 21.3. The molecule has 0 aromatic carbocycles. The van der Waals surface area contributed by atoms with E-state index in [1.807, 2.05) is 0 Å². The fraction of sp³-hybridized carbons (Fsp3) is 0.778. The molecule has 1 amide bonds. The summed E-state index contributed by atoms with van der Waals surface area (Å²) in [5, 5.41) is 11.0. The first-order valence-electron chi connectivity index (χ1n) is 4.72. The third-order valence-electron chi connectivity index (χ3n) is 1.55. The minimum atomic E-state index is -0.835. The second kappa shape index (κ2) is 9.79. The second-order valence-electron chi connectivity index (χ2n) is 2.89. The van der Waals surface area contributed by atoms with Crippen LogP contribution < -0.4 is 5.32 Å². The molecule has 0 heterocycles. The van der Waals surface area contributed by atoms with Crippen LogP contribution in [0.2, 0.25) is 0 Å². The van der Waals surface area contributed by atoms with E-state index >= 15 is 0 Å². The number of amides is 1. The van der Waals surface area contributed by atoms with E-state index in [-0.39, 0.29) is 12.3 Å². The number of hydrogen-bond acceptors (Lipinski definition) is 4. The summed E-state index contributed by atoms with van der Waals surface area (Å²) in [6.45, 7) is 1.06. The minimum Gasteiger partial charge on any atom is -0.481 e. The van der Waals surface area contributed by atoms with Crippen molar-refractivity contribution in [2.75, 3.05) is 31.8 Å². The van der Waals surface area contributed by atoms with Gasteiger partial charge in [0.05, 0.1) is 12.4 Å². The normalized spacial score (nSPS) is 9.93. The van der Waals surface area contributed by atoms with Gasteiger partial charge in [0.1, 0.15) is 0 Å². The molecule has 0 aromatic rings. The van der Waals surface area contributed by atoms with Gasteiger partial charge < -0.3 is 15.2 Å². The Morgan fingerprint density at radius 3 is 2.80 bits per heavy atom. The monoisotopic (exact) mass is 235 g/mol. The Morgan fingerprint density at radius 2 is 2.20 bits per heavy atom. The Labute approximate surface area is 93.6 Å². The molecule has 0 aliphatic rings. The van der Waals surface area contributed by atoms with Crippen molar-refractivity contribution in [3.05, 3.63) is 0 Å². The number of methoxy groups -OCH3 is 1. The molecule has 2 N–H and O–H groups in total. The van der Waals surface area contributed by atoms with Gasteiger partial charge in [-0.1, -0.05) is 0 Å². The largest absolute Gasteiger partial charge is 0.481 e. The number of hydrogen-bond donors (Lipinski definition) is 2. The highest BCUT2D eigenvalue weighted by Crippen LogP contribution is 1.98. The Kier molecular flexibility index (Phi) is 9.30. The average Bonchev–Trinajstić information content (AvgIpc) is 2.19. The fourth-order valence-corrected chi connectivity index (χ4v) is 1.54. The molecule has 0 aliphatic heterocycles. The molecule has 0 saturated heterocycles. The smallest absolute Gasteiger partial charge is 0.303 e. The number of carboxylic acid groups (broad SMARTS) is 1. The summed E-state index contributed by atoms with van der Waals surface area (Å²) in [6.07, 6.45) is 0.570. The van der Waals surface area contributed by atoms with E-state index < -0.39 is 5.97 Å². The Balaban J connectivity index is 3.22. The van der Waals surface area contributed by atoms with E-state index in [0.717, 1.165) is 5.75 Å². The average molecular weight is 235 g/mol. The van der Waals surface area contributed by atoms with Crippen molar-refractivity contribution >= 4 is 23.6 Å². The van der Waals surface area contributed by atoms with Gasteiger partial charge in [0, 0.05) is 25.8 Å². The molecule has 0 bridgehead atoms. The topological polar surface area (TPSA) is 75.6 Å². The van der Waals surface area contributed by atoms with Crippen LogP contribution in [0, 0.1) is 0 Å². The van der Waals surface area contributed by atoms with Crippen molar-refractivity contribution in [2.45, 2.75) is 12.8 Å². The predicted molar refractivity (Wildman–Crippen MR) is 59.1 cm³/mol. The van der Waals surface area contributed by atoms with E-state index in [1.54, 1.807) is 7.11 Å². The van der Waals surface area contributed by atoms with Crippen LogP contribution in [0.15, 0.2) is 0 Å². The van der Waals surface area contributed by atoms with Crippen LogP contribution >= 0.6 is 11.8 Å². The summed E-state index contributed by atoms with van der Waals surface area (Å²) >= 11 is 1.50. The second-order valence-corrected chi connectivity index (χ2v) is 4.00. The van der Waals surface area contributed by atoms with Gasteiger partial charge in [-0.3, -0.25) is 9.59 Å². The van der Waals surface area contributed by atoms with Crippen molar-refractivity contribution < 1.29 is 19.4 Å². The molecule has 0 fully saturated rings. The van der Waals surface area contributed by atoms with Gasteiger partial charge in [0.25, 0.3) is 0 Å². The van der Waals surface area contributed by atoms with Gasteiger partial charge in [-0.05, 0) is 6.42 Å². The summed E-state index contributed by atoms with van der Waals surface area (Å²) < 4.78 is 4.83. The first-order chi connectivity index (χ1) is 7.16. The van der Waals surface area contributed by atoms with Crippen LogP contribution in [-0.4, -0.2) is 48.8 Å². The first kappa shape index (κ1) is 14.2. The van der Waals surface area contributed by atoms with Crippen molar-refractivity contribution in [1.82, 2.24) is 5.32 Å². The summed E-state index contributed by atoms with van der Waals surface area (Å²) in [5.74, 6) is 0.301. The van der Waals surface area contributed by atoms with Gasteiger partial charge in [-0.25, -0.2) is 0 Å². The lowest BCUT2D eigenvalue weighted by atomic mass is 10.3. The standard InChI is InChI=1S/C9H17NO4S/c1-14-5-6-15-7-8(11)10-4-2-3-9(12)13/h2-7H2,1H3,(H,10,11)(H,12,13). The van der Waals surface area contributed by atoms with E-state index in [4.69, 9.17) is 9.84 Å². The van der Waals surface area contributed by atoms with Crippen molar-refractivity contribution in [3.8, 4) is 0 Å². The van der Waals surface area contributed by atoms with Crippen LogP contribution in [-0.2, 0) is 14.3 Å². The number of carboxylic acids is 1. The number of carbonyl (C=O) groups is 2. The third-order valence-corrected chi connectivity index (χ3v) is 2.48. The SMILES string of the molecule is COCCSCC(=O)NCCCC(=O)O. The highest BCUT2D eigenvalue weighted by atomic mass is 32.2. The van der Waals surface area contributed by atoms with Crippen LogP contribution in [0.1, 0.15) is 12.8 Å². The zero-order valence-electron chi connectivity index (χ0n) is 8.82. The molecule has 0 aromatic heterocycles. The molecule has 0 aliphatic carbocycles. The number of nitrogens with one attached hydrogen (secondary N) is 1. The Morgan fingerprint density at radius 1 is 1.47 bits per heavy atom. The molecule has 0 spiro atoms. The van der Waals surface area contributed by atoms with Crippen LogP contribution in [0.5, 0.6) is 0 Å². The number of rotatable bonds is 9. The van der Waals surface area contributed by atoms with E-state index in [2.05, 4.69) is 5.32 Å². The maximum Gasteiger partial charge on any atom is 0.303 e. The molecular formula is C9H17NO4S. The molecule has 88 valence electrons. The molecule has 0 unspecified atom stereocenters. The molecular weight excluding hydrogens is 218 g/mol. The Bertz CT molecular complexity index is 199. The summed E-state index contributed by atoms with van der Waals surface area (Å²) in [6, 6.07) is 0. The van der Waals surface area contributed by atoms with Crippen LogP contribution in [0.4, 0.5) is 0 Å². The van der Waals surface area contributed by atoms with Gasteiger partial charge >= 0.3 is 5.97 Å². The Hall–Kier alpha value is -0.750. The highest BCUT2D eigenvalue weighted by Gasteiger charge is 2.01. The number of carbonyl (C=O) groups excluding carboxylic acids is 1. The lowest BCUT2D eigenvalue weighted by molar-refractivity contribution is -0.137. The zero-order chi connectivity index (χ0) is 11.5. The minimum absolute atomic E-state index is 0.0542. The third kappa shape index (κ3) is 11.2. The number of aliphatic carboxylic acids is 1. The van der Waals surface area contributed by atoms with Crippen LogP contribution in [0.25, 0.3) is 0 Å². The fourth-order valence-electron chi connectivity index (χ4n) is 0.826. The number of thioether (sulfide) groups is 1. The molecule has 0 rings (SSSR count). The number of ether oxygens (including phenoxy) is 1. The maximum absolute atomic E-state index is 11.1. The van der Waals surface area contributed by atoms with Gasteiger partial charge in [0.2, 0.25) is 5.91 Å². The summed E-state index contributed by atoms with van der Waals surface area (Å²) in [7, 11) is 1.62. The molecule has 0 saturated carbocycles. The van der Waals surface area contributed by atoms with Crippen molar-refractivity contribution in [1.29, 1.82) is 0 Å². The molecule has 5 nitrogen and oxygen atoms in total. The summed E-state index contributed by atoms with van der Waals surface area (Å²) in [5.41, 5.74) is 0. The predicted octanol–water partition coefficient (Wildman–Crippen LogP) is 0.347. The first-order valence-corrected chi connectivity index (χ1v) is 5.87. The lowest BCUT2D eigenvalue weighted by Gasteiger charge is -2.03. The molecule has 6 heteroatoms. The maximum atomic E-state index is 11.1. The molecule has 0 radical (unpaired) electrons. The quantitative estimate of drug-likeness (QED) is 0.564. The zero-order valence-corrected chi connectivity index (χ0v) is 9.64.